The van der Waals surface area contributed by atoms with Crippen LogP contribution in [0.25, 0.3) is 0 Å². The topological polar surface area (TPSA) is 99.8 Å². The zero-order valence-corrected chi connectivity index (χ0v) is 22.1. The highest BCUT2D eigenvalue weighted by Crippen LogP contribution is 2.55. The standard InChI is InChI=1S/C28H46N4O4/c1-2-36-26(35)32-10-6-23(7-11-32)30-24(33)18-27(8-4-3-5-9-27)19-29-25(34)31-28-15-20-12-21(16-28)14-22(13-20)17-28/h20-23H,2-19H2,1H3,(H,30,33)(H2,29,31,34). The molecule has 1 aliphatic heterocycles. The molecule has 202 valence electrons. The summed E-state index contributed by atoms with van der Waals surface area (Å²) in [6, 6.07) is 0.0600. The van der Waals surface area contributed by atoms with Crippen molar-refractivity contribution >= 4 is 18.0 Å². The number of nitrogens with zero attached hydrogens (tertiary/aromatic N) is 1. The molecule has 0 aromatic heterocycles. The van der Waals surface area contributed by atoms with Crippen LogP contribution in [-0.2, 0) is 9.53 Å². The number of amides is 4. The maximum Gasteiger partial charge on any atom is 0.409 e. The Morgan fingerprint density at radius 1 is 0.917 bits per heavy atom. The normalized spacial score (nSPS) is 33.1. The molecule has 0 aromatic carbocycles. The molecule has 1 heterocycles. The van der Waals surface area contributed by atoms with Gasteiger partial charge in [0.25, 0.3) is 0 Å². The van der Waals surface area contributed by atoms with E-state index < -0.39 is 0 Å². The molecule has 0 unspecified atom stereocenters. The van der Waals surface area contributed by atoms with Gasteiger partial charge < -0.3 is 25.6 Å². The lowest BCUT2D eigenvalue weighted by Gasteiger charge is -2.56. The van der Waals surface area contributed by atoms with E-state index in [9.17, 15) is 14.4 Å². The maximum absolute atomic E-state index is 13.1. The highest BCUT2D eigenvalue weighted by Gasteiger charge is 2.51. The van der Waals surface area contributed by atoms with E-state index >= 15 is 0 Å². The van der Waals surface area contributed by atoms with E-state index in [2.05, 4.69) is 16.0 Å². The molecule has 0 atom stereocenters. The average Bonchev–Trinajstić information content (AvgIpc) is 2.83. The maximum atomic E-state index is 13.1. The molecule has 0 spiro atoms. The predicted octanol–water partition coefficient (Wildman–Crippen LogP) is 4.33. The van der Waals surface area contributed by atoms with Crippen LogP contribution in [-0.4, -0.2) is 60.8 Å². The first-order valence-electron chi connectivity index (χ1n) is 14.6. The summed E-state index contributed by atoms with van der Waals surface area (Å²) >= 11 is 0. The number of urea groups is 1. The third kappa shape index (κ3) is 5.94. The molecule has 0 aromatic rings. The molecular weight excluding hydrogens is 456 g/mol. The van der Waals surface area contributed by atoms with Crippen molar-refractivity contribution in [3.8, 4) is 0 Å². The van der Waals surface area contributed by atoms with Crippen molar-refractivity contribution in [2.24, 2.45) is 23.2 Å². The molecule has 6 fully saturated rings. The second-order valence-corrected chi connectivity index (χ2v) is 12.8. The first-order valence-corrected chi connectivity index (χ1v) is 14.6. The third-order valence-corrected chi connectivity index (χ3v) is 9.88. The van der Waals surface area contributed by atoms with E-state index in [4.69, 9.17) is 4.74 Å². The van der Waals surface area contributed by atoms with Crippen LogP contribution in [0.4, 0.5) is 9.59 Å². The monoisotopic (exact) mass is 502 g/mol. The number of hydrogen-bond donors (Lipinski definition) is 3. The summed E-state index contributed by atoms with van der Waals surface area (Å²) in [5.41, 5.74) is -0.152. The van der Waals surface area contributed by atoms with Crippen LogP contribution in [0.5, 0.6) is 0 Å². The summed E-state index contributed by atoms with van der Waals surface area (Å²) < 4.78 is 5.09. The van der Waals surface area contributed by atoms with E-state index in [1.54, 1.807) is 4.90 Å². The number of carbonyl (C=O) groups excluding carboxylic acids is 3. The Kier molecular flexibility index (Phi) is 7.68. The van der Waals surface area contributed by atoms with Gasteiger partial charge in [0.15, 0.2) is 0 Å². The lowest BCUT2D eigenvalue weighted by Crippen LogP contribution is -2.62. The SMILES string of the molecule is CCOC(=O)N1CCC(NC(=O)CC2(CNC(=O)NC34CC5CC(CC(C5)C3)C4)CCCCC2)CC1. The number of hydrogen-bond acceptors (Lipinski definition) is 4. The van der Waals surface area contributed by atoms with Gasteiger partial charge in [-0.05, 0) is 94.3 Å². The summed E-state index contributed by atoms with van der Waals surface area (Å²) in [6.07, 6.45) is 14.6. The molecule has 6 rings (SSSR count). The van der Waals surface area contributed by atoms with Crippen LogP contribution in [0.3, 0.4) is 0 Å². The van der Waals surface area contributed by atoms with E-state index in [1.165, 1.54) is 25.7 Å². The first kappa shape index (κ1) is 25.7. The average molecular weight is 503 g/mol. The van der Waals surface area contributed by atoms with Gasteiger partial charge in [0, 0.05) is 37.6 Å². The van der Waals surface area contributed by atoms with Crippen LogP contribution in [0.2, 0.25) is 0 Å². The lowest BCUT2D eigenvalue weighted by atomic mass is 9.53. The van der Waals surface area contributed by atoms with Gasteiger partial charge in [-0.25, -0.2) is 9.59 Å². The van der Waals surface area contributed by atoms with Gasteiger partial charge in [-0.15, -0.1) is 0 Å². The largest absolute Gasteiger partial charge is 0.450 e. The van der Waals surface area contributed by atoms with Gasteiger partial charge in [-0.3, -0.25) is 4.79 Å². The van der Waals surface area contributed by atoms with Gasteiger partial charge in [0.1, 0.15) is 0 Å². The molecule has 5 aliphatic carbocycles. The minimum Gasteiger partial charge on any atom is -0.450 e. The Morgan fingerprint density at radius 3 is 2.11 bits per heavy atom. The minimum atomic E-state index is -0.263. The van der Waals surface area contributed by atoms with Gasteiger partial charge in [0.05, 0.1) is 6.61 Å². The second-order valence-electron chi connectivity index (χ2n) is 12.8. The van der Waals surface area contributed by atoms with Crippen molar-refractivity contribution < 1.29 is 19.1 Å². The smallest absolute Gasteiger partial charge is 0.409 e. The Balaban J connectivity index is 1.10. The fourth-order valence-corrected chi connectivity index (χ4v) is 8.57. The summed E-state index contributed by atoms with van der Waals surface area (Å²) in [6.45, 7) is 3.99. The fraction of sp³-hybridized carbons (Fsp3) is 0.893. The molecule has 3 N–H and O–H groups in total. The van der Waals surface area contributed by atoms with Crippen LogP contribution in [0.1, 0.15) is 96.8 Å². The second kappa shape index (κ2) is 10.8. The van der Waals surface area contributed by atoms with E-state index in [1.807, 2.05) is 6.92 Å². The summed E-state index contributed by atoms with van der Waals surface area (Å²) in [5.74, 6) is 2.48. The Labute approximate surface area is 216 Å². The molecule has 4 amide bonds. The Morgan fingerprint density at radius 2 is 1.53 bits per heavy atom. The third-order valence-electron chi connectivity index (χ3n) is 9.88. The molecular formula is C28H46N4O4. The molecule has 0 radical (unpaired) electrons. The Hall–Kier alpha value is -1.99. The van der Waals surface area contributed by atoms with E-state index in [0.717, 1.165) is 75.5 Å². The highest BCUT2D eigenvalue weighted by atomic mass is 16.6. The van der Waals surface area contributed by atoms with Crippen LogP contribution >= 0.6 is 0 Å². The number of carbonyl (C=O) groups is 3. The minimum absolute atomic E-state index is 0.00829. The molecule has 4 bridgehead atoms. The summed E-state index contributed by atoms with van der Waals surface area (Å²) in [5, 5.41) is 9.88. The Bertz CT molecular complexity index is 781. The number of nitrogens with one attached hydrogen (secondary N) is 3. The summed E-state index contributed by atoms with van der Waals surface area (Å²) in [7, 11) is 0. The van der Waals surface area contributed by atoms with Crippen LogP contribution < -0.4 is 16.0 Å². The van der Waals surface area contributed by atoms with Crippen LogP contribution in [0, 0.1) is 23.2 Å². The van der Waals surface area contributed by atoms with E-state index in [0.29, 0.717) is 32.7 Å². The fourth-order valence-electron chi connectivity index (χ4n) is 8.57. The van der Waals surface area contributed by atoms with Crippen molar-refractivity contribution in [3.05, 3.63) is 0 Å². The number of ether oxygens (including phenoxy) is 1. The van der Waals surface area contributed by atoms with Gasteiger partial charge in [-0.1, -0.05) is 19.3 Å². The quantitative estimate of drug-likeness (QED) is 0.482. The first-order chi connectivity index (χ1) is 17.4. The molecule has 1 saturated heterocycles. The molecule has 36 heavy (non-hydrogen) atoms. The van der Waals surface area contributed by atoms with Gasteiger partial charge in [0.2, 0.25) is 5.91 Å². The van der Waals surface area contributed by atoms with Crippen molar-refractivity contribution in [3.63, 3.8) is 0 Å². The number of likely N-dealkylation sites (tertiary alicyclic amines) is 1. The zero-order chi connectivity index (χ0) is 25.2. The predicted molar refractivity (Wildman–Crippen MR) is 137 cm³/mol. The molecule has 6 aliphatic rings. The van der Waals surface area contributed by atoms with Crippen molar-refractivity contribution in [2.45, 2.75) is 108 Å². The van der Waals surface area contributed by atoms with Crippen LogP contribution in [0.15, 0.2) is 0 Å². The van der Waals surface area contributed by atoms with Crippen molar-refractivity contribution in [2.75, 3.05) is 26.2 Å². The molecule has 8 heteroatoms. The van der Waals surface area contributed by atoms with Crippen molar-refractivity contribution in [1.29, 1.82) is 0 Å². The molecule has 8 nitrogen and oxygen atoms in total. The zero-order valence-electron chi connectivity index (χ0n) is 22.1. The van der Waals surface area contributed by atoms with Crippen molar-refractivity contribution in [1.82, 2.24) is 20.9 Å². The number of rotatable bonds is 7. The summed E-state index contributed by atoms with van der Waals surface area (Å²) in [4.78, 5) is 39.8. The van der Waals surface area contributed by atoms with E-state index in [-0.39, 0.29) is 35.0 Å². The lowest BCUT2D eigenvalue weighted by molar-refractivity contribution is -0.125. The van der Waals surface area contributed by atoms with Gasteiger partial charge >= 0.3 is 12.1 Å². The van der Waals surface area contributed by atoms with Gasteiger partial charge in [-0.2, -0.15) is 0 Å². The highest BCUT2D eigenvalue weighted by molar-refractivity contribution is 5.78. The number of piperidine rings is 1. The molecule has 5 saturated carbocycles.